The van der Waals surface area contributed by atoms with Crippen molar-refractivity contribution in [3.05, 3.63) is 57.4 Å². The maximum Gasteiger partial charge on any atom is 0.251 e. The highest BCUT2D eigenvalue weighted by atomic mass is 32.1. The van der Waals surface area contributed by atoms with Crippen molar-refractivity contribution in [1.82, 2.24) is 10.3 Å². The molecule has 0 unspecified atom stereocenters. The quantitative estimate of drug-likeness (QED) is 0.719. The number of fused-ring (bicyclic) bond motifs is 1. The van der Waals surface area contributed by atoms with Crippen molar-refractivity contribution in [3.63, 3.8) is 0 Å². The Bertz CT molecular complexity index is 802. The number of amides is 1. The molecule has 114 valence electrons. The SMILES string of the molecule is CC[C@@H](NC(=O)c1ccc2[nH]c(C)c(C)c2c1)c1cccs1. The van der Waals surface area contributed by atoms with Gasteiger partial charge in [-0.05, 0) is 55.5 Å². The lowest BCUT2D eigenvalue weighted by Crippen LogP contribution is -2.27. The summed E-state index contributed by atoms with van der Waals surface area (Å²) in [5.41, 5.74) is 4.15. The van der Waals surface area contributed by atoms with Crippen LogP contribution < -0.4 is 5.32 Å². The molecule has 0 aliphatic rings. The summed E-state index contributed by atoms with van der Waals surface area (Å²) in [6, 6.07) is 10.0. The smallest absolute Gasteiger partial charge is 0.251 e. The van der Waals surface area contributed by atoms with Gasteiger partial charge < -0.3 is 10.3 Å². The first-order valence-electron chi connectivity index (χ1n) is 7.53. The zero-order valence-corrected chi connectivity index (χ0v) is 13.9. The number of hydrogen-bond donors (Lipinski definition) is 2. The van der Waals surface area contributed by atoms with Crippen molar-refractivity contribution >= 4 is 28.1 Å². The summed E-state index contributed by atoms with van der Waals surface area (Å²) in [7, 11) is 0. The number of thiophene rings is 1. The Hall–Kier alpha value is -2.07. The second-order valence-corrected chi connectivity index (χ2v) is 6.56. The molecule has 0 saturated heterocycles. The Kier molecular flexibility index (Phi) is 4.03. The van der Waals surface area contributed by atoms with Gasteiger partial charge in [0.1, 0.15) is 0 Å². The number of rotatable bonds is 4. The normalized spacial score (nSPS) is 12.5. The monoisotopic (exact) mass is 312 g/mol. The van der Waals surface area contributed by atoms with Crippen LogP contribution in [-0.2, 0) is 0 Å². The Labute approximate surface area is 134 Å². The third-order valence-electron chi connectivity index (χ3n) is 4.17. The average Bonchev–Trinajstić information content (AvgIpc) is 3.14. The van der Waals surface area contributed by atoms with Crippen LogP contribution in [0.2, 0.25) is 0 Å². The summed E-state index contributed by atoms with van der Waals surface area (Å²) in [5, 5.41) is 6.30. The molecule has 0 saturated carbocycles. The maximum atomic E-state index is 12.6. The Morgan fingerprint density at radius 3 is 2.82 bits per heavy atom. The van der Waals surface area contributed by atoms with Gasteiger partial charge in [0, 0.05) is 27.0 Å². The standard InChI is InChI=1S/C18H20N2OS/c1-4-15(17-6-5-9-22-17)20-18(21)13-7-8-16-14(10-13)11(2)12(3)19-16/h5-10,15,19H,4H2,1-3H3,(H,20,21)/t15-/m1/s1. The second kappa shape index (κ2) is 5.97. The Morgan fingerprint density at radius 2 is 2.14 bits per heavy atom. The van der Waals surface area contributed by atoms with Gasteiger partial charge in [-0.15, -0.1) is 11.3 Å². The zero-order chi connectivity index (χ0) is 15.7. The van der Waals surface area contributed by atoms with Gasteiger partial charge in [0.2, 0.25) is 0 Å². The first kappa shape index (κ1) is 14.9. The lowest BCUT2D eigenvalue weighted by Gasteiger charge is -2.15. The first-order chi connectivity index (χ1) is 10.6. The molecule has 0 fully saturated rings. The summed E-state index contributed by atoms with van der Waals surface area (Å²) in [6.07, 6.45) is 0.886. The van der Waals surface area contributed by atoms with Crippen molar-refractivity contribution in [3.8, 4) is 0 Å². The topological polar surface area (TPSA) is 44.9 Å². The number of hydrogen-bond acceptors (Lipinski definition) is 2. The minimum absolute atomic E-state index is 0.0135. The Balaban J connectivity index is 1.87. The molecule has 1 aromatic carbocycles. The average molecular weight is 312 g/mol. The predicted molar refractivity (Wildman–Crippen MR) is 92.6 cm³/mol. The van der Waals surface area contributed by atoms with Gasteiger partial charge in [0.25, 0.3) is 5.91 Å². The number of H-pyrrole nitrogens is 1. The van der Waals surface area contributed by atoms with E-state index in [2.05, 4.69) is 37.1 Å². The number of benzene rings is 1. The molecule has 4 heteroatoms. The third kappa shape index (κ3) is 2.66. The minimum atomic E-state index is -0.0135. The molecule has 3 rings (SSSR count). The van der Waals surface area contributed by atoms with Crippen LogP contribution in [0.3, 0.4) is 0 Å². The molecule has 2 aromatic heterocycles. The summed E-state index contributed by atoms with van der Waals surface area (Å²) in [4.78, 5) is 17.1. The molecular formula is C18H20N2OS. The molecule has 22 heavy (non-hydrogen) atoms. The molecule has 1 atom stereocenters. The molecule has 2 heterocycles. The van der Waals surface area contributed by atoms with Gasteiger partial charge in [-0.2, -0.15) is 0 Å². The summed E-state index contributed by atoms with van der Waals surface area (Å²) in [5.74, 6) is -0.0135. The van der Waals surface area contributed by atoms with Crippen LogP contribution in [0, 0.1) is 13.8 Å². The fraction of sp³-hybridized carbons (Fsp3) is 0.278. The van der Waals surface area contributed by atoms with Crippen molar-refractivity contribution in [1.29, 1.82) is 0 Å². The van der Waals surface area contributed by atoms with E-state index in [0.29, 0.717) is 5.56 Å². The van der Waals surface area contributed by atoms with Crippen LogP contribution in [0.1, 0.15) is 45.9 Å². The van der Waals surface area contributed by atoms with Gasteiger partial charge >= 0.3 is 0 Å². The van der Waals surface area contributed by atoms with E-state index < -0.39 is 0 Å². The van der Waals surface area contributed by atoms with E-state index in [1.54, 1.807) is 11.3 Å². The van der Waals surface area contributed by atoms with Crippen LogP contribution in [0.5, 0.6) is 0 Å². The lowest BCUT2D eigenvalue weighted by molar-refractivity contribution is 0.0936. The van der Waals surface area contributed by atoms with E-state index in [0.717, 1.165) is 23.0 Å². The van der Waals surface area contributed by atoms with Gasteiger partial charge in [0.05, 0.1) is 6.04 Å². The molecule has 0 aliphatic heterocycles. The second-order valence-electron chi connectivity index (χ2n) is 5.59. The molecule has 2 N–H and O–H groups in total. The number of nitrogens with one attached hydrogen (secondary N) is 2. The molecular weight excluding hydrogens is 292 g/mol. The molecule has 0 spiro atoms. The van der Waals surface area contributed by atoms with Crippen LogP contribution >= 0.6 is 11.3 Å². The van der Waals surface area contributed by atoms with Crippen LogP contribution in [0.4, 0.5) is 0 Å². The fourth-order valence-corrected chi connectivity index (χ4v) is 3.57. The van der Waals surface area contributed by atoms with E-state index in [9.17, 15) is 4.79 Å². The van der Waals surface area contributed by atoms with Gasteiger partial charge in [-0.3, -0.25) is 4.79 Å². The molecule has 0 radical (unpaired) electrons. The van der Waals surface area contributed by atoms with Crippen molar-refractivity contribution < 1.29 is 4.79 Å². The van der Waals surface area contributed by atoms with E-state index in [1.807, 2.05) is 29.6 Å². The summed E-state index contributed by atoms with van der Waals surface area (Å²) in [6.45, 7) is 6.23. The van der Waals surface area contributed by atoms with Gasteiger partial charge in [-0.25, -0.2) is 0 Å². The third-order valence-corrected chi connectivity index (χ3v) is 5.16. The summed E-state index contributed by atoms with van der Waals surface area (Å²) >= 11 is 1.68. The number of carbonyl (C=O) groups is 1. The molecule has 0 bridgehead atoms. The van der Waals surface area contributed by atoms with Crippen molar-refractivity contribution in [2.24, 2.45) is 0 Å². The minimum Gasteiger partial charge on any atom is -0.358 e. The largest absolute Gasteiger partial charge is 0.358 e. The fourth-order valence-electron chi connectivity index (χ4n) is 2.71. The van der Waals surface area contributed by atoms with Crippen molar-refractivity contribution in [2.75, 3.05) is 0 Å². The zero-order valence-electron chi connectivity index (χ0n) is 13.1. The predicted octanol–water partition coefficient (Wildman–Crippen LogP) is 4.73. The van der Waals surface area contributed by atoms with Crippen molar-refractivity contribution in [2.45, 2.75) is 33.2 Å². The van der Waals surface area contributed by atoms with E-state index in [4.69, 9.17) is 0 Å². The van der Waals surface area contributed by atoms with E-state index in [-0.39, 0.29) is 11.9 Å². The highest BCUT2D eigenvalue weighted by Gasteiger charge is 2.16. The summed E-state index contributed by atoms with van der Waals surface area (Å²) < 4.78 is 0. The lowest BCUT2D eigenvalue weighted by atomic mass is 10.1. The number of aromatic nitrogens is 1. The van der Waals surface area contributed by atoms with Crippen LogP contribution in [0.25, 0.3) is 10.9 Å². The van der Waals surface area contributed by atoms with Crippen LogP contribution in [0.15, 0.2) is 35.7 Å². The molecule has 1 amide bonds. The Morgan fingerprint density at radius 1 is 1.32 bits per heavy atom. The highest BCUT2D eigenvalue weighted by Crippen LogP contribution is 2.24. The number of aromatic amines is 1. The highest BCUT2D eigenvalue weighted by molar-refractivity contribution is 7.10. The van der Waals surface area contributed by atoms with Crippen LogP contribution in [-0.4, -0.2) is 10.9 Å². The van der Waals surface area contributed by atoms with E-state index in [1.165, 1.54) is 10.4 Å². The number of carbonyl (C=O) groups excluding carboxylic acids is 1. The van der Waals surface area contributed by atoms with E-state index >= 15 is 0 Å². The van der Waals surface area contributed by atoms with Gasteiger partial charge in [0.15, 0.2) is 0 Å². The molecule has 3 aromatic rings. The number of aryl methyl sites for hydroxylation is 2. The maximum absolute atomic E-state index is 12.6. The first-order valence-corrected chi connectivity index (χ1v) is 8.41. The molecule has 3 nitrogen and oxygen atoms in total. The molecule has 0 aliphatic carbocycles. The van der Waals surface area contributed by atoms with Gasteiger partial charge in [-0.1, -0.05) is 13.0 Å².